The van der Waals surface area contributed by atoms with Crippen molar-refractivity contribution in [3.8, 4) is 0 Å². The molecular weight excluding hydrogens is 338 g/mol. The van der Waals surface area contributed by atoms with Gasteiger partial charge < -0.3 is 14.7 Å². The van der Waals surface area contributed by atoms with Crippen molar-refractivity contribution in [3.05, 3.63) is 15.6 Å². The third kappa shape index (κ3) is 4.22. The molecule has 0 radical (unpaired) electrons. The van der Waals surface area contributed by atoms with Gasteiger partial charge in [0.05, 0.1) is 22.9 Å². The second kappa shape index (κ2) is 7.70. The highest BCUT2D eigenvalue weighted by Gasteiger charge is 2.38. The van der Waals surface area contributed by atoms with Crippen LogP contribution in [0.4, 0.5) is 0 Å². The first kappa shape index (κ1) is 18.8. The van der Waals surface area contributed by atoms with Crippen molar-refractivity contribution in [2.75, 3.05) is 39.3 Å². The van der Waals surface area contributed by atoms with Crippen molar-refractivity contribution in [3.63, 3.8) is 0 Å². The van der Waals surface area contributed by atoms with Gasteiger partial charge in [0.1, 0.15) is 4.88 Å². The molecule has 0 unspecified atom stereocenters. The number of amides is 1. The lowest BCUT2D eigenvalue weighted by molar-refractivity contribution is -0.0726. The van der Waals surface area contributed by atoms with Crippen LogP contribution in [-0.4, -0.2) is 77.3 Å². The standard InChI is InChI=1S/C18H29N3O3S/c1-11-5-20(6-12(2)24-11)7-15-8-21(9-16(15)10-22)18(23)17-13(3)19-14(4)25-17/h11-12,15-16,22H,5-10H2,1-4H3/t11-,12+,15-,16-/m1/s1. The van der Waals surface area contributed by atoms with Gasteiger partial charge in [0.2, 0.25) is 0 Å². The molecular formula is C18H29N3O3S. The number of thiazole rings is 1. The number of nitrogens with zero attached hydrogens (tertiary/aromatic N) is 3. The Hall–Kier alpha value is -1.02. The number of ether oxygens (including phenoxy) is 1. The number of rotatable bonds is 4. The first-order valence-electron chi connectivity index (χ1n) is 9.09. The Morgan fingerprint density at radius 3 is 2.40 bits per heavy atom. The van der Waals surface area contributed by atoms with Crippen LogP contribution in [0.5, 0.6) is 0 Å². The van der Waals surface area contributed by atoms with E-state index in [1.54, 1.807) is 0 Å². The van der Waals surface area contributed by atoms with Gasteiger partial charge in [-0.25, -0.2) is 4.98 Å². The van der Waals surface area contributed by atoms with Gasteiger partial charge in [0.15, 0.2) is 0 Å². The lowest BCUT2D eigenvalue weighted by Crippen LogP contribution is -2.48. The molecule has 0 spiro atoms. The van der Waals surface area contributed by atoms with E-state index in [0.29, 0.717) is 19.0 Å². The average Bonchev–Trinajstić information content (AvgIpc) is 3.08. The van der Waals surface area contributed by atoms with E-state index in [-0.39, 0.29) is 30.6 Å². The van der Waals surface area contributed by atoms with Crippen LogP contribution >= 0.6 is 11.3 Å². The van der Waals surface area contributed by atoms with Crippen molar-refractivity contribution in [1.82, 2.24) is 14.8 Å². The minimum Gasteiger partial charge on any atom is -0.396 e. The highest BCUT2D eigenvalue weighted by Crippen LogP contribution is 2.28. The molecule has 140 valence electrons. The number of likely N-dealkylation sites (tertiary alicyclic amines) is 1. The summed E-state index contributed by atoms with van der Waals surface area (Å²) in [5.41, 5.74) is 0.812. The minimum atomic E-state index is 0.0627. The van der Waals surface area contributed by atoms with Gasteiger partial charge in [0, 0.05) is 45.2 Å². The average molecular weight is 368 g/mol. The summed E-state index contributed by atoms with van der Waals surface area (Å²) in [6.45, 7) is 12.2. The normalized spacial score (nSPS) is 30.8. The fraction of sp³-hybridized carbons (Fsp3) is 0.778. The van der Waals surface area contributed by atoms with E-state index in [2.05, 4.69) is 23.7 Å². The molecule has 25 heavy (non-hydrogen) atoms. The zero-order chi connectivity index (χ0) is 18.1. The van der Waals surface area contributed by atoms with Crippen LogP contribution in [0.2, 0.25) is 0 Å². The molecule has 2 aliphatic rings. The first-order valence-corrected chi connectivity index (χ1v) is 9.91. The summed E-state index contributed by atoms with van der Waals surface area (Å²) in [5, 5.41) is 10.7. The number of morpholine rings is 1. The van der Waals surface area contributed by atoms with Crippen molar-refractivity contribution < 1.29 is 14.6 Å². The quantitative estimate of drug-likeness (QED) is 0.875. The van der Waals surface area contributed by atoms with Crippen molar-refractivity contribution >= 4 is 17.2 Å². The van der Waals surface area contributed by atoms with Crippen molar-refractivity contribution in [2.45, 2.75) is 39.9 Å². The van der Waals surface area contributed by atoms with Gasteiger partial charge in [-0.1, -0.05) is 0 Å². The Balaban J connectivity index is 1.66. The van der Waals surface area contributed by atoms with Gasteiger partial charge >= 0.3 is 0 Å². The van der Waals surface area contributed by atoms with Crippen LogP contribution in [-0.2, 0) is 4.74 Å². The van der Waals surface area contributed by atoms with Crippen LogP contribution in [0, 0.1) is 25.7 Å². The maximum Gasteiger partial charge on any atom is 0.265 e. The molecule has 0 saturated carbocycles. The maximum absolute atomic E-state index is 12.9. The van der Waals surface area contributed by atoms with Crippen LogP contribution in [0.1, 0.15) is 34.2 Å². The predicted molar refractivity (Wildman–Crippen MR) is 98.0 cm³/mol. The number of aliphatic hydroxyl groups excluding tert-OH is 1. The van der Waals surface area contributed by atoms with Crippen LogP contribution < -0.4 is 0 Å². The minimum absolute atomic E-state index is 0.0627. The lowest BCUT2D eigenvalue weighted by atomic mass is 9.96. The number of aliphatic hydroxyl groups is 1. The Bertz CT molecular complexity index is 611. The Morgan fingerprint density at radius 1 is 1.20 bits per heavy atom. The molecule has 6 nitrogen and oxygen atoms in total. The molecule has 0 bridgehead atoms. The van der Waals surface area contributed by atoms with Crippen molar-refractivity contribution in [2.24, 2.45) is 11.8 Å². The molecule has 0 aliphatic carbocycles. The van der Waals surface area contributed by atoms with E-state index in [1.165, 1.54) is 11.3 Å². The lowest BCUT2D eigenvalue weighted by Gasteiger charge is -2.37. The number of hydrogen-bond acceptors (Lipinski definition) is 6. The van der Waals surface area contributed by atoms with E-state index >= 15 is 0 Å². The second-order valence-corrected chi connectivity index (χ2v) is 8.74. The van der Waals surface area contributed by atoms with E-state index in [0.717, 1.165) is 35.2 Å². The topological polar surface area (TPSA) is 65.9 Å². The summed E-state index contributed by atoms with van der Waals surface area (Å²) < 4.78 is 5.81. The molecule has 3 heterocycles. The smallest absolute Gasteiger partial charge is 0.265 e. The van der Waals surface area contributed by atoms with Gasteiger partial charge in [-0.3, -0.25) is 9.69 Å². The van der Waals surface area contributed by atoms with Crippen LogP contribution in [0.15, 0.2) is 0 Å². The monoisotopic (exact) mass is 367 g/mol. The molecule has 0 aromatic carbocycles. The molecule has 1 aromatic heterocycles. The summed E-state index contributed by atoms with van der Waals surface area (Å²) in [4.78, 5) is 22.3. The van der Waals surface area contributed by atoms with E-state index < -0.39 is 0 Å². The maximum atomic E-state index is 12.9. The number of aromatic nitrogens is 1. The molecule has 2 aliphatic heterocycles. The molecule has 3 rings (SSSR count). The first-order chi connectivity index (χ1) is 11.9. The van der Waals surface area contributed by atoms with E-state index in [4.69, 9.17) is 4.74 Å². The van der Waals surface area contributed by atoms with Gasteiger partial charge in [-0.2, -0.15) is 0 Å². The number of carbonyl (C=O) groups is 1. The molecule has 4 atom stereocenters. The zero-order valence-corrected chi connectivity index (χ0v) is 16.4. The largest absolute Gasteiger partial charge is 0.396 e. The fourth-order valence-corrected chi connectivity index (χ4v) is 5.04. The molecule has 1 N–H and O–H groups in total. The predicted octanol–water partition coefficient (Wildman–Crippen LogP) is 1.55. The fourth-order valence-electron chi connectivity index (χ4n) is 4.16. The molecule has 7 heteroatoms. The van der Waals surface area contributed by atoms with Crippen LogP contribution in [0.25, 0.3) is 0 Å². The Morgan fingerprint density at radius 2 is 1.84 bits per heavy atom. The third-order valence-corrected chi connectivity index (χ3v) is 6.24. The second-order valence-electron chi connectivity index (χ2n) is 7.54. The third-order valence-electron chi connectivity index (χ3n) is 5.18. The summed E-state index contributed by atoms with van der Waals surface area (Å²) in [6.07, 6.45) is 0.469. The number of aryl methyl sites for hydroxylation is 2. The van der Waals surface area contributed by atoms with Crippen molar-refractivity contribution in [1.29, 1.82) is 0 Å². The summed E-state index contributed by atoms with van der Waals surface area (Å²) in [7, 11) is 0. The Kier molecular flexibility index (Phi) is 5.78. The zero-order valence-electron chi connectivity index (χ0n) is 15.6. The molecule has 2 fully saturated rings. The van der Waals surface area contributed by atoms with Gasteiger partial charge in [0.25, 0.3) is 5.91 Å². The number of hydrogen-bond donors (Lipinski definition) is 1. The summed E-state index contributed by atoms with van der Waals surface area (Å²) in [5.74, 6) is 0.514. The Labute approximate surface area is 153 Å². The van der Waals surface area contributed by atoms with Gasteiger partial charge in [-0.05, 0) is 33.6 Å². The van der Waals surface area contributed by atoms with Crippen LogP contribution in [0.3, 0.4) is 0 Å². The highest BCUT2D eigenvalue weighted by atomic mass is 32.1. The van der Waals surface area contributed by atoms with Gasteiger partial charge in [-0.15, -0.1) is 11.3 Å². The molecule has 1 amide bonds. The summed E-state index contributed by atoms with van der Waals surface area (Å²) >= 11 is 1.46. The molecule has 2 saturated heterocycles. The SMILES string of the molecule is Cc1nc(C)c(C(=O)N2C[C@@H](CN3C[C@@H](C)O[C@@H](C)C3)[C@@H](CO)C2)s1. The molecule has 1 aromatic rings. The summed E-state index contributed by atoms with van der Waals surface area (Å²) in [6, 6.07) is 0. The number of carbonyl (C=O) groups excluding carboxylic acids is 1. The van der Waals surface area contributed by atoms with E-state index in [9.17, 15) is 9.90 Å². The highest BCUT2D eigenvalue weighted by molar-refractivity contribution is 7.13. The van der Waals surface area contributed by atoms with E-state index in [1.807, 2.05) is 18.7 Å².